The molecule has 0 aromatic heterocycles. The fourth-order valence-corrected chi connectivity index (χ4v) is 1.86. The molecule has 0 saturated carbocycles. The minimum absolute atomic E-state index is 0.518. The highest BCUT2D eigenvalue weighted by Crippen LogP contribution is 2.26. The zero-order valence-electron chi connectivity index (χ0n) is 10.3. The highest BCUT2D eigenvalue weighted by molar-refractivity contribution is 5.41. The van der Waals surface area contributed by atoms with Crippen molar-refractivity contribution in [2.24, 2.45) is 5.18 Å². The summed E-state index contributed by atoms with van der Waals surface area (Å²) in [5.41, 5.74) is 1.75. The molecule has 88 valence electrons. The minimum Gasteiger partial charge on any atom is -0.309 e. The van der Waals surface area contributed by atoms with E-state index in [1.165, 1.54) is 5.56 Å². The minimum atomic E-state index is 0.518. The molecule has 1 atom stereocenters. The van der Waals surface area contributed by atoms with E-state index in [9.17, 15) is 4.91 Å². The van der Waals surface area contributed by atoms with Gasteiger partial charge in [-0.2, -0.15) is 0 Å². The van der Waals surface area contributed by atoms with E-state index in [2.05, 4.69) is 37.2 Å². The van der Waals surface area contributed by atoms with Gasteiger partial charge in [-0.3, -0.25) is 0 Å². The second-order valence-electron chi connectivity index (χ2n) is 4.38. The summed E-state index contributed by atoms with van der Waals surface area (Å²) in [4.78, 5) is 12.7. The summed E-state index contributed by atoms with van der Waals surface area (Å²) in [5.74, 6) is 0.518. The highest BCUT2D eigenvalue weighted by atomic mass is 16.3. The molecule has 1 unspecified atom stereocenters. The standard InChI is InChI=1S/C13H20N2O/c1-4-11(8-9-15(2)3)12-6-5-7-13(10-12)14-16/h5-7,10-11H,4,8-9H2,1-3H3. The first-order valence-electron chi connectivity index (χ1n) is 5.75. The third-order valence-corrected chi connectivity index (χ3v) is 2.86. The van der Waals surface area contributed by atoms with Crippen LogP contribution >= 0.6 is 0 Å². The molecule has 0 aliphatic heterocycles. The molecule has 0 bridgehead atoms. The van der Waals surface area contributed by atoms with Crippen LogP contribution in [0, 0.1) is 4.91 Å². The monoisotopic (exact) mass is 220 g/mol. The SMILES string of the molecule is CCC(CCN(C)C)c1cccc(N=O)c1. The van der Waals surface area contributed by atoms with Crippen LogP contribution in [0.25, 0.3) is 0 Å². The second kappa shape index (κ2) is 6.38. The number of nitrogens with zero attached hydrogens (tertiary/aromatic N) is 2. The van der Waals surface area contributed by atoms with Crippen molar-refractivity contribution in [2.75, 3.05) is 20.6 Å². The lowest BCUT2D eigenvalue weighted by Gasteiger charge is -2.18. The van der Waals surface area contributed by atoms with Crippen LogP contribution in [0.5, 0.6) is 0 Å². The van der Waals surface area contributed by atoms with Crippen molar-refractivity contribution in [1.82, 2.24) is 4.90 Å². The van der Waals surface area contributed by atoms with Gasteiger partial charge in [0.15, 0.2) is 0 Å². The molecular weight excluding hydrogens is 200 g/mol. The van der Waals surface area contributed by atoms with Crippen LogP contribution in [-0.4, -0.2) is 25.5 Å². The van der Waals surface area contributed by atoms with Crippen molar-refractivity contribution in [2.45, 2.75) is 25.7 Å². The van der Waals surface area contributed by atoms with Crippen LogP contribution in [0.15, 0.2) is 29.4 Å². The molecule has 1 aromatic rings. The summed E-state index contributed by atoms with van der Waals surface area (Å²) in [7, 11) is 4.16. The third-order valence-electron chi connectivity index (χ3n) is 2.86. The van der Waals surface area contributed by atoms with Crippen molar-refractivity contribution in [3.05, 3.63) is 34.7 Å². The molecule has 0 aliphatic carbocycles. The maximum atomic E-state index is 10.5. The van der Waals surface area contributed by atoms with E-state index in [4.69, 9.17) is 0 Å². The number of nitroso groups, excluding NO2 is 1. The lowest BCUT2D eigenvalue weighted by molar-refractivity contribution is 0.378. The normalized spacial score (nSPS) is 12.8. The van der Waals surface area contributed by atoms with E-state index >= 15 is 0 Å². The van der Waals surface area contributed by atoms with Crippen LogP contribution in [0.1, 0.15) is 31.2 Å². The molecule has 0 spiro atoms. The first-order valence-corrected chi connectivity index (χ1v) is 5.75. The topological polar surface area (TPSA) is 32.7 Å². The number of hydrogen-bond acceptors (Lipinski definition) is 3. The Kier molecular flexibility index (Phi) is 5.12. The zero-order valence-corrected chi connectivity index (χ0v) is 10.3. The van der Waals surface area contributed by atoms with Gasteiger partial charge in [-0.05, 0) is 62.3 Å². The van der Waals surface area contributed by atoms with Gasteiger partial charge in [0.25, 0.3) is 0 Å². The van der Waals surface area contributed by atoms with Crippen LogP contribution in [0.2, 0.25) is 0 Å². The van der Waals surface area contributed by atoms with Crippen molar-refractivity contribution in [3.8, 4) is 0 Å². The van der Waals surface area contributed by atoms with E-state index in [0.717, 1.165) is 19.4 Å². The van der Waals surface area contributed by atoms with Crippen molar-refractivity contribution < 1.29 is 0 Å². The molecule has 0 heterocycles. The quantitative estimate of drug-likeness (QED) is 0.687. The fourth-order valence-electron chi connectivity index (χ4n) is 1.86. The van der Waals surface area contributed by atoms with Crippen LogP contribution in [0.3, 0.4) is 0 Å². The summed E-state index contributed by atoms with van der Waals surface area (Å²) in [6.45, 7) is 3.25. The average Bonchev–Trinajstić information content (AvgIpc) is 2.30. The summed E-state index contributed by atoms with van der Waals surface area (Å²) >= 11 is 0. The first-order chi connectivity index (χ1) is 7.67. The van der Waals surface area contributed by atoms with E-state index in [1.54, 1.807) is 6.07 Å². The highest BCUT2D eigenvalue weighted by Gasteiger charge is 2.10. The molecule has 0 aliphatic rings. The Morgan fingerprint density at radius 1 is 1.38 bits per heavy atom. The van der Waals surface area contributed by atoms with Gasteiger partial charge in [0.05, 0.1) is 0 Å². The van der Waals surface area contributed by atoms with Gasteiger partial charge < -0.3 is 4.90 Å². The third kappa shape index (κ3) is 3.74. The zero-order chi connectivity index (χ0) is 12.0. The lowest BCUT2D eigenvalue weighted by Crippen LogP contribution is -2.15. The van der Waals surface area contributed by atoms with Crippen LogP contribution in [0.4, 0.5) is 5.69 Å². The fraction of sp³-hybridized carbons (Fsp3) is 0.538. The molecule has 16 heavy (non-hydrogen) atoms. The Bertz CT molecular complexity index is 336. The molecule has 3 nitrogen and oxygen atoms in total. The van der Waals surface area contributed by atoms with E-state index < -0.39 is 0 Å². The van der Waals surface area contributed by atoms with E-state index in [1.807, 2.05) is 12.1 Å². The average molecular weight is 220 g/mol. The molecule has 1 rings (SSSR count). The Morgan fingerprint density at radius 3 is 2.69 bits per heavy atom. The predicted molar refractivity (Wildman–Crippen MR) is 68.1 cm³/mol. The Hall–Kier alpha value is -1.22. The second-order valence-corrected chi connectivity index (χ2v) is 4.38. The van der Waals surface area contributed by atoms with Crippen molar-refractivity contribution in [3.63, 3.8) is 0 Å². The first kappa shape index (κ1) is 12.8. The molecule has 0 fully saturated rings. The molecule has 1 aromatic carbocycles. The van der Waals surface area contributed by atoms with Gasteiger partial charge in [-0.25, -0.2) is 0 Å². The number of hydrogen-bond donors (Lipinski definition) is 0. The summed E-state index contributed by atoms with van der Waals surface area (Å²) in [6, 6.07) is 7.63. The van der Waals surface area contributed by atoms with Gasteiger partial charge in [0.1, 0.15) is 5.69 Å². The van der Waals surface area contributed by atoms with Gasteiger partial charge in [-0.1, -0.05) is 19.1 Å². The molecule has 0 N–H and O–H groups in total. The molecule has 0 saturated heterocycles. The largest absolute Gasteiger partial charge is 0.309 e. The summed E-state index contributed by atoms with van der Waals surface area (Å²) in [5, 5.41) is 2.98. The maximum absolute atomic E-state index is 10.5. The molecular formula is C13H20N2O. The van der Waals surface area contributed by atoms with Crippen LogP contribution in [-0.2, 0) is 0 Å². The number of benzene rings is 1. The van der Waals surface area contributed by atoms with Crippen molar-refractivity contribution in [1.29, 1.82) is 0 Å². The van der Waals surface area contributed by atoms with E-state index in [-0.39, 0.29) is 0 Å². The van der Waals surface area contributed by atoms with E-state index in [0.29, 0.717) is 11.6 Å². The van der Waals surface area contributed by atoms with Gasteiger partial charge in [0, 0.05) is 0 Å². The van der Waals surface area contributed by atoms with Gasteiger partial charge >= 0.3 is 0 Å². The number of rotatable bonds is 6. The van der Waals surface area contributed by atoms with Crippen LogP contribution < -0.4 is 0 Å². The van der Waals surface area contributed by atoms with Crippen molar-refractivity contribution >= 4 is 5.69 Å². The Morgan fingerprint density at radius 2 is 2.12 bits per heavy atom. The molecule has 3 heteroatoms. The predicted octanol–water partition coefficient (Wildman–Crippen LogP) is 3.53. The Labute approximate surface area is 97.4 Å². The Balaban J connectivity index is 2.73. The van der Waals surface area contributed by atoms with Gasteiger partial charge in [-0.15, -0.1) is 4.91 Å². The smallest absolute Gasteiger partial charge is 0.108 e. The summed E-state index contributed by atoms with van der Waals surface area (Å²) in [6.07, 6.45) is 2.21. The van der Waals surface area contributed by atoms with Gasteiger partial charge in [0.2, 0.25) is 0 Å². The lowest BCUT2D eigenvalue weighted by atomic mass is 9.93. The maximum Gasteiger partial charge on any atom is 0.108 e. The summed E-state index contributed by atoms with van der Waals surface area (Å²) < 4.78 is 0. The molecule has 0 radical (unpaired) electrons. The molecule has 0 amide bonds.